The van der Waals surface area contributed by atoms with Crippen LogP contribution in [0.2, 0.25) is 0 Å². The van der Waals surface area contributed by atoms with E-state index in [1.807, 2.05) is 5.32 Å². The SMILES string of the molecule is O=C1NC(=O)[NH+]([C@@H]2O[C@H](CO[P+](=O)[O-])[C@@H]3O[C@@H]32)C=C1F. The summed E-state index contributed by atoms with van der Waals surface area (Å²) < 4.78 is 38.6. The van der Waals surface area contributed by atoms with E-state index in [9.17, 15) is 23.4 Å². The Labute approximate surface area is 112 Å². The van der Waals surface area contributed by atoms with Gasteiger partial charge >= 0.3 is 14.3 Å². The van der Waals surface area contributed by atoms with Crippen LogP contribution < -0.4 is 15.1 Å². The highest BCUT2D eigenvalue weighted by atomic mass is 31.1. The summed E-state index contributed by atoms with van der Waals surface area (Å²) in [6.45, 7) is -0.240. The molecule has 2 unspecified atom stereocenters. The van der Waals surface area contributed by atoms with Crippen molar-refractivity contribution in [2.45, 2.75) is 24.5 Å². The van der Waals surface area contributed by atoms with Crippen LogP contribution in [0.5, 0.6) is 0 Å². The van der Waals surface area contributed by atoms with E-state index in [1.165, 1.54) is 0 Å². The molecule has 2 saturated heterocycles. The Morgan fingerprint density at radius 3 is 2.90 bits per heavy atom. The van der Waals surface area contributed by atoms with Crippen molar-refractivity contribution in [3.05, 3.63) is 12.0 Å². The van der Waals surface area contributed by atoms with Crippen molar-refractivity contribution in [3.8, 4) is 0 Å². The van der Waals surface area contributed by atoms with Gasteiger partial charge in [0.2, 0.25) is 12.1 Å². The molecule has 9 nitrogen and oxygen atoms in total. The number of imide groups is 1. The summed E-state index contributed by atoms with van der Waals surface area (Å²) in [5, 5.41) is 1.84. The Morgan fingerprint density at radius 1 is 1.45 bits per heavy atom. The molecule has 3 amide bonds. The van der Waals surface area contributed by atoms with Gasteiger partial charge in [-0.1, -0.05) is 0 Å². The minimum absolute atomic E-state index is 0.0661. The summed E-state index contributed by atoms with van der Waals surface area (Å²) in [6.07, 6.45) is -1.57. The van der Waals surface area contributed by atoms with E-state index in [1.54, 1.807) is 0 Å². The molecular formula is C9H9FN2O7P+. The average Bonchev–Trinajstić information content (AvgIpc) is 3.08. The number of amides is 3. The van der Waals surface area contributed by atoms with Crippen LogP contribution in [-0.2, 0) is 23.4 Å². The Hall–Kier alpha value is -1.29. The van der Waals surface area contributed by atoms with Crippen LogP contribution in [0, 0.1) is 0 Å². The third kappa shape index (κ3) is 2.37. The number of hydrogen-bond donors (Lipinski definition) is 2. The van der Waals surface area contributed by atoms with E-state index in [0.717, 1.165) is 6.20 Å². The minimum Gasteiger partial charge on any atom is -0.566 e. The highest BCUT2D eigenvalue weighted by Crippen LogP contribution is 2.38. The van der Waals surface area contributed by atoms with Gasteiger partial charge in [-0.2, -0.15) is 9.29 Å². The lowest BCUT2D eigenvalue weighted by Crippen LogP contribution is -3.17. The highest BCUT2D eigenvalue weighted by Gasteiger charge is 2.64. The number of urea groups is 1. The number of epoxide rings is 1. The van der Waals surface area contributed by atoms with Gasteiger partial charge in [-0.25, -0.2) is 10.1 Å². The van der Waals surface area contributed by atoms with E-state index in [2.05, 4.69) is 4.52 Å². The fourth-order valence-corrected chi connectivity index (χ4v) is 2.52. The topological polar surface area (TPSA) is 122 Å². The average molecular weight is 307 g/mol. The number of quaternary nitrogens is 1. The Bertz CT molecular complexity index is 526. The molecule has 3 heterocycles. The van der Waals surface area contributed by atoms with E-state index in [0.29, 0.717) is 0 Å². The molecule has 0 saturated carbocycles. The van der Waals surface area contributed by atoms with Crippen molar-refractivity contribution in [1.82, 2.24) is 5.32 Å². The van der Waals surface area contributed by atoms with Crippen molar-refractivity contribution < 1.29 is 42.3 Å². The summed E-state index contributed by atoms with van der Waals surface area (Å²) in [5.74, 6) is -2.20. The number of carbonyl (C=O) groups excluding carboxylic acids is 2. The fourth-order valence-electron chi connectivity index (χ4n) is 2.25. The molecule has 0 bridgehead atoms. The van der Waals surface area contributed by atoms with Crippen molar-refractivity contribution in [3.63, 3.8) is 0 Å². The fraction of sp³-hybridized carbons (Fsp3) is 0.556. The molecule has 11 heteroatoms. The number of carbonyl (C=O) groups is 2. The second-order valence-electron chi connectivity index (χ2n) is 4.41. The normalized spacial score (nSPS) is 40.0. The van der Waals surface area contributed by atoms with Gasteiger partial charge in [-0.3, -0.25) is 4.79 Å². The predicted octanol–water partition coefficient (Wildman–Crippen LogP) is -2.54. The van der Waals surface area contributed by atoms with Crippen molar-refractivity contribution in [1.29, 1.82) is 0 Å². The first-order valence-electron chi connectivity index (χ1n) is 5.65. The number of hydrogen-bond acceptors (Lipinski definition) is 7. The molecule has 0 aliphatic carbocycles. The molecule has 3 aliphatic rings. The zero-order chi connectivity index (χ0) is 14.4. The summed E-state index contributed by atoms with van der Waals surface area (Å²) in [4.78, 5) is 32.9. The second kappa shape index (κ2) is 4.92. The van der Waals surface area contributed by atoms with Gasteiger partial charge in [0.1, 0.15) is 25.0 Å². The quantitative estimate of drug-likeness (QED) is 0.433. The highest BCUT2D eigenvalue weighted by molar-refractivity contribution is 7.30. The Kier molecular flexibility index (Phi) is 3.36. The summed E-state index contributed by atoms with van der Waals surface area (Å²) >= 11 is 0. The molecule has 0 spiro atoms. The summed E-state index contributed by atoms with van der Waals surface area (Å²) in [6, 6.07) is -0.757. The molecule has 0 aromatic heterocycles. The largest absolute Gasteiger partial charge is 0.566 e. The van der Waals surface area contributed by atoms with E-state index in [4.69, 9.17) is 9.47 Å². The third-order valence-electron chi connectivity index (χ3n) is 3.19. The van der Waals surface area contributed by atoms with Crippen LogP contribution in [0.1, 0.15) is 0 Å². The third-order valence-corrected chi connectivity index (χ3v) is 3.55. The van der Waals surface area contributed by atoms with Crippen LogP contribution in [0.15, 0.2) is 12.0 Å². The zero-order valence-electron chi connectivity index (χ0n) is 9.78. The Balaban J connectivity index is 1.69. The van der Waals surface area contributed by atoms with Gasteiger partial charge in [0.15, 0.2) is 6.10 Å². The molecule has 0 aromatic rings. The predicted molar refractivity (Wildman–Crippen MR) is 54.6 cm³/mol. The zero-order valence-corrected chi connectivity index (χ0v) is 10.7. The van der Waals surface area contributed by atoms with Crippen LogP contribution in [0.3, 0.4) is 0 Å². The molecule has 2 N–H and O–H groups in total. The first kappa shape index (κ1) is 13.7. The monoisotopic (exact) mass is 307 g/mol. The lowest BCUT2D eigenvalue weighted by atomic mass is 10.2. The molecule has 0 radical (unpaired) electrons. The first-order valence-corrected chi connectivity index (χ1v) is 6.75. The smallest absolute Gasteiger partial charge is 0.488 e. The second-order valence-corrected chi connectivity index (χ2v) is 5.12. The van der Waals surface area contributed by atoms with Crippen molar-refractivity contribution >= 4 is 20.2 Å². The first-order chi connectivity index (χ1) is 9.47. The van der Waals surface area contributed by atoms with E-state index in [-0.39, 0.29) is 11.5 Å². The number of ether oxygens (including phenoxy) is 2. The number of fused-ring (bicyclic) bond motifs is 1. The molecule has 2 fully saturated rings. The number of nitrogens with one attached hydrogen (secondary N) is 2. The van der Waals surface area contributed by atoms with Gasteiger partial charge in [0.05, 0.1) is 0 Å². The lowest BCUT2D eigenvalue weighted by molar-refractivity contribution is -0.822. The maximum atomic E-state index is 13.2. The molecule has 0 aromatic carbocycles. The van der Waals surface area contributed by atoms with E-state index >= 15 is 0 Å². The lowest BCUT2D eigenvalue weighted by Gasteiger charge is -2.23. The molecule has 6 atom stereocenters. The molecule has 3 rings (SSSR count). The molecule has 108 valence electrons. The van der Waals surface area contributed by atoms with Gasteiger partial charge in [0, 0.05) is 0 Å². The standard InChI is InChI=1S/C9H8FN2O7P/c10-3-1-12(9(14)11-7(3)13)8-6-5(19-6)4(18-8)2-17-20(15)16/h1,4-6,8H,2H2,(H,11,13,14)/p+1/t4-,5+,6+,8-/m1/s1. The molecule has 3 aliphatic heterocycles. The van der Waals surface area contributed by atoms with Crippen LogP contribution in [0.4, 0.5) is 9.18 Å². The molecule has 20 heavy (non-hydrogen) atoms. The number of rotatable bonds is 4. The maximum absolute atomic E-state index is 13.2. The van der Waals surface area contributed by atoms with Gasteiger partial charge in [-0.15, -0.1) is 4.52 Å². The van der Waals surface area contributed by atoms with Crippen LogP contribution in [-0.4, -0.2) is 43.1 Å². The number of halogens is 1. The van der Waals surface area contributed by atoms with Gasteiger partial charge in [-0.05, 0) is 4.57 Å². The van der Waals surface area contributed by atoms with E-state index < -0.39 is 50.6 Å². The van der Waals surface area contributed by atoms with Crippen molar-refractivity contribution in [2.75, 3.05) is 6.61 Å². The van der Waals surface area contributed by atoms with Gasteiger partial charge < -0.3 is 14.4 Å². The van der Waals surface area contributed by atoms with Crippen LogP contribution in [0.25, 0.3) is 0 Å². The molecular weight excluding hydrogens is 298 g/mol. The van der Waals surface area contributed by atoms with Gasteiger partial charge in [0.25, 0.3) is 5.91 Å². The summed E-state index contributed by atoms with van der Waals surface area (Å²) in [5.41, 5.74) is 0. The maximum Gasteiger partial charge on any atom is 0.488 e. The van der Waals surface area contributed by atoms with Crippen LogP contribution >= 0.6 is 8.25 Å². The summed E-state index contributed by atoms with van der Waals surface area (Å²) in [7, 11) is -3.01. The minimum atomic E-state index is -3.01. The van der Waals surface area contributed by atoms with Crippen molar-refractivity contribution in [2.24, 2.45) is 0 Å². The Morgan fingerprint density at radius 2 is 2.20 bits per heavy atom.